The van der Waals surface area contributed by atoms with Crippen LogP contribution in [0.15, 0.2) is 24.3 Å². The van der Waals surface area contributed by atoms with E-state index in [9.17, 15) is 14.7 Å². The third-order valence-corrected chi connectivity index (χ3v) is 4.56. The Labute approximate surface area is 123 Å². The van der Waals surface area contributed by atoms with Crippen molar-refractivity contribution in [2.75, 3.05) is 12.0 Å². The first-order valence-electron chi connectivity index (χ1n) is 7.18. The maximum atomic E-state index is 12.5. The summed E-state index contributed by atoms with van der Waals surface area (Å²) in [5.74, 6) is -1.09. The van der Waals surface area contributed by atoms with Gasteiger partial charge in [0.2, 0.25) is 5.91 Å². The van der Waals surface area contributed by atoms with Crippen molar-refractivity contribution >= 4 is 17.6 Å². The second-order valence-electron chi connectivity index (χ2n) is 5.98. The first-order chi connectivity index (χ1) is 9.97. The summed E-state index contributed by atoms with van der Waals surface area (Å²) in [7, 11) is 1.33. The topological polar surface area (TPSA) is 66.8 Å². The molecule has 0 aromatic heterocycles. The summed E-state index contributed by atoms with van der Waals surface area (Å²) in [5, 5.41) is 10.8. The molecular formula is C16H19NO4. The second-order valence-corrected chi connectivity index (χ2v) is 5.98. The Bertz CT molecular complexity index is 581. The van der Waals surface area contributed by atoms with Gasteiger partial charge in [-0.3, -0.25) is 9.59 Å². The Morgan fingerprint density at radius 2 is 2.14 bits per heavy atom. The summed E-state index contributed by atoms with van der Waals surface area (Å²) in [4.78, 5) is 26.3. The lowest BCUT2D eigenvalue weighted by Gasteiger charge is -2.36. The SMILES string of the molecule is COC(=O)[C@@H]1c2ccccc2N2C(=O)CCC[C@](C)(O)[C@@H]12. The number of methoxy groups -OCH3 is 1. The van der Waals surface area contributed by atoms with Crippen molar-refractivity contribution in [1.29, 1.82) is 0 Å². The highest BCUT2D eigenvalue weighted by Gasteiger charge is 2.54. The summed E-state index contributed by atoms with van der Waals surface area (Å²) >= 11 is 0. The number of rotatable bonds is 1. The van der Waals surface area contributed by atoms with Crippen LogP contribution in [0.4, 0.5) is 5.69 Å². The van der Waals surface area contributed by atoms with Gasteiger partial charge < -0.3 is 14.7 Å². The molecule has 1 N–H and O–H groups in total. The van der Waals surface area contributed by atoms with Gasteiger partial charge in [0.1, 0.15) is 5.92 Å². The van der Waals surface area contributed by atoms with Crippen LogP contribution in [-0.4, -0.2) is 35.7 Å². The van der Waals surface area contributed by atoms with E-state index in [1.54, 1.807) is 11.8 Å². The normalized spacial score (nSPS) is 31.4. The average Bonchev–Trinajstić information content (AvgIpc) is 2.76. The lowest BCUT2D eigenvalue weighted by molar-refractivity contribution is -0.144. The highest BCUT2D eigenvalue weighted by atomic mass is 16.5. The Morgan fingerprint density at radius 1 is 1.43 bits per heavy atom. The largest absolute Gasteiger partial charge is 0.468 e. The molecule has 0 unspecified atom stereocenters. The van der Waals surface area contributed by atoms with Gasteiger partial charge in [0.05, 0.1) is 18.8 Å². The molecule has 0 saturated carbocycles. The Morgan fingerprint density at radius 3 is 2.86 bits per heavy atom. The van der Waals surface area contributed by atoms with E-state index in [2.05, 4.69) is 0 Å². The molecule has 21 heavy (non-hydrogen) atoms. The molecule has 1 saturated heterocycles. The summed E-state index contributed by atoms with van der Waals surface area (Å²) in [6.45, 7) is 1.70. The van der Waals surface area contributed by atoms with Crippen molar-refractivity contribution in [2.24, 2.45) is 0 Å². The van der Waals surface area contributed by atoms with Crippen LogP contribution >= 0.6 is 0 Å². The van der Waals surface area contributed by atoms with E-state index in [1.807, 2.05) is 24.3 Å². The molecule has 1 amide bonds. The van der Waals surface area contributed by atoms with Gasteiger partial charge in [0, 0.05) is 12.1 Å². The molecule has 0 radical (unpaired) electrons. The van der Waals surface area contributed by atoms with Gasteiger partial charge in [-0.05, 0) is 31.4 Å². The minimum atomic E-state index is -1.12. The molecule has 0 spiro atoms. The van der Waals surface area contributed by atoms with E-state index in [0.29, 0.717) is 24.9 Å². The van der Waals surface area contributed by atoms with Gasteiger partial charge >= 0.3 is 5.97 Å². The van der Waals surface area contributed by atoms with Gasteiger partial charge in [-0.15, -0.1) is 0 Å². The summed E-state index contributed by atoms with van der Waals surface area (Å²) in [5.41, 5.74) is 0.347. The van der Waals surface area contributed by atoms with Crippen molar-refractivity contribution in [3.63, 3.8) is 0 Å². The zero-order chi connectivity index (χ0) is 15.2. The zero-order valence-corrected chi connectivity index (χ0v) is 12.2. The van der Waals surface area contributed by atoms with Crippen LogP contribution < -0.4 is 4.90 Å². The van der Waals surface area contributed by atoms with E-state index in [0.717, 1.165) is 5.56 Å². The number of amides is 1. The molecule has 3 atom stereocenters. The highest BCUT2D eigenvalue weighted by molar-refractivity contribution is 6.01. The Kier molecular flexibility index (Phi) is 3.24. The van der Waals surface area contributed by atoms with Crippen molar-refractivity contribution < 1.29 is 19.4 Å². The van der Waals surface area contributed by atoms with Crippen LogP contribution in [0.3, 0.4) is 0 Å². The number of fused-ring (bicyclic) bond motifs is 3. The molecule has 0 bridgehead atoms. The van der Waals surface area contributed by atoms with Gasteiger partial charge in [0.25, 0.3) is 0 Å². The number of hydrogen-bond donors (Lipinski definition) is 1. The van der Waals surface area contributed by atoms with Crippen LogP contribution in [0, 0.1) is 0 Å². The molecule has 1 fully saturated rings. The van der Waals surface area contributed by atoms with Gasteiger partial charge in [-0.2, -0.15) is 0 Å². The number of hydrogen-bond acceptors (Lipinski definition) is 4. The van der Waals surface area contributed by atoms with E-state index in [4.69, 9.17) is 4.74 Å². The maximum Gasteiger partial charge on any atom is 0.315 e. The van der Waals surface area contributed by atoms with Gasteiger partial charge in [-0.1, -0.05) is 18.2 Å². The molecular weight excluding hydrogens is 270 g/mol. The predicted molar refractivity (Wildman–Crippen MR) is 76.9 cm³/mol. The lowest BCUT2D eigenvalue weighted by Crippen LogP contribution is -2.53. The number of aliphatic hydroxyl groups is 1. The summed E-state index contributed by atoms with van der Waals surface area (Å²) < 4.78 is 4.92. The van der Waals surface area contributed by atoms with Gasteiger partial charge in [0.15, 0.2) is 0 Å². The number of carbonyl (C=O) groups is 2. The summed E-state index contributed by atoms with van der Waals surface area (Å²) in [6.07, 6.45) is 1.49. The highest BCUT2D eigenvalue weighted by Crippen LogP contribution is 2.48. The second kappa shape index (κ2) is 4.84. The van der Waals surface area contributed by atoms with Crippen LogP contribution in [0.25, 0.3) is 0 Å². The molecule has 112 valence electrons. The summed E-state index contributed by atoms with van der Waals surface area (Å²) in [6, 6.07) is 6.72. The molecule has 1 aromatic rings. The molecule has 1 aromatic carbocycles. The number of benzene rings is 1. The Balaban J connectivity index is 2.20. The minimum absolute atomic E-state index is 0.0448. The van der Waals surface area contributed by atoms with Crippen LogP contribution in [0.1, 0.15) is 37.7 Å². The monoisotopic (exact) mass is 289 g/mol. The Hall–Kier alpha value is -1.88. The smallest absolute Gasteiger partial charge is 0.315 e. The van der Waals surface area contributed by atoms with E-state index in [1.165, 1.54) is 7.11 Å². The van der Waals surface area contributed by atoms with Crippen LogP contribution in [-0.2, 0) is 14.3 Å². The van der Waals surface area contributed by atoms with Crippen LogP contribution in [0.2, 0.25) is 0 Å². The van der Waals surface area contributed by atoms with E-state index >= 15 is 0 Å². The fourth-order valence-corrected chi connectivity index (χ4v) is 3.61. The van der Waals surface area contributed by atoms with Crippen molar-refractivity contribution in [2.45, 2.75) is 43.7 Å². The molecule has 3 rings (SSSR count). The first-order valence-corrected chi connectivity index (χ1v) is 7.18. The minimum Gasteiger partial charge on any atom is -0.468 e. The van der Waals surface area contributed by atoms with Crippen molar-refractivity contribution in [3.05, 3.63) is 29.8 Å². The quantitative estimate of drug-likeness (QED) is 0.797. The third-order valence-electron chi connectivity index (χ3n) is 4.56. The number of anilines is 1. The molecule has 0 aliphatic carbocycles. The van der Waals surface area contributed by atoms with Crippen LogP contribution in [0.5, 0.6) is 0 Å². The molecule has 2 heterocycles. The number of esters is 1. The fourth-order valence-electron chi connectivity index (χ4n) is 3.61. The third kappa shape index (κ3) is 2.03. The van der Waals surface area contributed by atoms with E-state index in [-0.39, 0.29) is 5.91 Å². The fraction of sp³-hybridized carbons (Fsp3) is 0.500. The average molecular weight is 289 g/mol. The molecule has 5 nitrogen and oxygen atoms in total. The maximum absolute atomic E-state index is 12.5. The number of para-hydroxylation sites is 1. The number of ether oxygens (including phenoxy) is 1. The molecule has 2 aliphatic heterocycles. The first kappa shape index (κ1) is 14.1. The predicted octanol–water partition coefficient (Wildman–Crippen LogP) is 1.59. The number of carbonyl (C=O) groups excluding carboxylic acids is 2. The van der Waals surface area contributed by atoms with Gasteiger partial charge in [-0.25, -0.2) is 0 Å². The standard InChI is InChI=1S/C16H19NO4/c1-16(20)9-5-8-12(18)17-11-7-4-3-6-10(11)13(14(16)17)15(19)21-2/h3-4,6-7,13-14,20H,5,8-9H2,1-2H3/t13-,14-,16+/m1/s1. The number of nitrogens with zero attached hydrogens (tertiary/aromatic N) is 1. The van der Waals surface area contributed by atoms with E-state index < -0.39 is 23.5 Å². The zero-order valence-electron chi connectivity index (χ0n) is 12.2. The lowest BCUT2D eigenvalue weighted by atomic mass is 9.82. The molecule has 5 heteroatoms. The molecule has 2 aliphatic rings. The van der Waals surface area contributed by atoms with Crippen molar-refractivity contribution in [1.82, 2.24) is 0 Å². The van der Waals surface area contributed by atoms with Crippen molar-refractivity contribution in [3.8, 4) is 0 Å².